The van der Waals surface area contributed by atoms with E-state index in [-0.39, 0.29) is 12.2 Å². The summed E-state index contributed by atoms with van der Waals surface area (Å²) < 4.78 is 0. The number of rotatable bonds is 3. The number of carbonyl (C=O) groups is 1. The topological polar surface area (TPSA) is 83.6 Å². The molecule has 0 aromatic heterocycles. The van der Waals surface area contributed by atoms with Crippen LogP contribution < -0.4 is 5.73 Å². The average molecular weight is 221 g/mol. The second-order valence-electron chi connectivity index (χ2n) is 4.19. The Morgan fingerprint density at radius 2 is 2.19 bits per heavy atom. The zero-order valence-electron chi connectivity index (χ0n) is 8.94. The van der Waals surface area contributed by atoms with E-state index in [0.29, 0.717) is 5.56 Å². The number of phenols is 1. The number of phenolic OH excluding ortho intramolecular Hbond substituents is 1. The second-order valence-corrected chi connectivity index (χ2v) is 4.19. The molecule has 0 bridgehead atoms. The van der Waals surface area contributed by atoms with Crippen molar-refractivity contribution >= 4 is 5.97 Å². The standard InChI is InChI=1S/C12H15NO3/c13-9(6-11(15)16)12-8-3-1-2-7(8)4-5-10(12)14/h4-5,9,14H,1-3,6,13H2,(H,15,16). The lowest BCUT2D eigenvalue weighted by Gasteiger charge is -2.16. The molecule has 0 fully saturated rings. The first-order valence-electron chi connectivity index (χ1n) is 5.40. The molecule has 86 valence electrons. The van der Waals surface area contributed by atoms with Crippen LogP contribution in [0.15, 0.2) is 12.1 Å². The van der Waals surface area contributed by atoms with E-state index in [1.165, 1.54) is 5.56 Å². The molecule has 1 aromatic carbocycles. The van der Waals surface area contributed by atoms with Crippen molar-refractivity contribution in [3.05, 3.63) is 28.8 Å². The van der Waals surface area contributed by atoms with Gasteiger partial charge in [-0.3, -0.25) is 4.79 Å². The molecule has 0 amide bonds. The van der Waals surface area contributed by atoms with Crippen molar-refractivity contribution in [3.63, 3.8) is 0 Å². The van der Waals surface area contributed by atoms with Crippen molar-refractivity contribution in [2.45, 2.75) is 31.7 Å². The summed E-state index contributed by atoms with van der Waals surface area (Å²) in [7, 11) is 0. The largest absolute Gasteiger partial charge is 0.508 e. The molecule has 0 saturated heterocycles. The number of aryl methyl sites for hydroxylation is 1. The summed E-state index contributed by atoms with van der Waals surface area (Å²) in [4.78, 5) is 10.6. The number of nitrogens with two attached hydrogens (primary N) is 1. The maximum absolute atomic E-state index is 10.6. The van der Waals surface area contributed by atoms with Crippen molar-refractivity contribution in [3.8, 4) is 5.75 Å². The van der Waals surface area contributed by atoms with Crippen LogP contribution in [-0.4, -0.2) is 16.2 Å². The predicted molar refractivity (Wildman–Crippen MR) is 59.3 cm³/mol. The van der Waals surface area contributed by atoms with E-state index in [4.69, 9.17) is 10.8 Å². The van der Waals surface area contributed by atoms with Crippen LogP contribution in [0.25, 0.3) is 0 Å². The molecule has 0 radical (unpaired) electrons. The Bertz CT molecular complexity index is 429. The molecule has 4 N–H and O–H groups in total. The van der Waals surface area contributed by atoms with Crippen LogP contribution in [0.1, 0.15) is 35.6 Å². The molecule has 0 heterocycles. The SMILES string of the molecule is NC(CC(=O)O)c1c(O)ccc2c1CCC2. The van der Waals surface area contributed by atoms with Gasteiger partial charge in [0.2, 0.25) is 0 Å². The molecule has 0 spiro atoms. The van der Waals surface area contributed by atoms with E-state index in [1.54, 1.807) is 6.07 Å². The van der Waals surface area contributed by atoms with Gasteiger partial charge in [0.25, 0.3) is 0 Å². The highest BCUT2D eigenvalue weighted by molar-refractivity contribution is 5.68. The second kappa shape index (κ2) is 4.14. The van der Waals surface area contributed by atoms with Gasteiger partial charge in [0.05, 0.1) is 6.42 Å². The number of hydrogen-bond acceptors (Lipinski definition) is 3. The van der Waals surface area contributed by atoms with Crippen molar-refractivity contribution in [2.24, 2.45) is 5.73 Å². The third-order valence-electron chi connectivity index (χ3n) is 3.07. The van der Waals surface area contributed by atoms with E-state index >= 15 is 0 Å². The zero-order valence-corrected chi connectivity index (χ0v) is 8.94. The van der Waals surface area contributed by atoms with E-state index in [9.17, 15) is 9.90 Å². The van der Waals surface area contributed by atoms with Crippen molar-refractivity contribution < 1.29 is 15.0 Å². The van der Waals surface area contributed by atoms with Gasteiger partial charge in [-0.05, 0) is 36.5 Å². The van der Waals surface area contributed by atoms with Gasteiger partial charge in [0.15, 0.2) is 0 Å². The summed E-state index contributed by atoms with van der Waals surface area (Å²) in [5, 5.41) is 18.5. The number of carboxylic acids is 1. The molecule has 0 aliphatic heterocycles. The first-order valence-corrected chi connectivity index (χ1v) is 5.40. The molecule has 1 aliphatic carbocycles. The molecule has 1 aliphatic rings. The van der Waals surface area contributed by atoms with Crippen molar-refractivity contribution in [2.75, 3.05) is 0 Å². The van der Waals surface area contributed by atoms with Crippen molar-refractivity contribution in [1.82, 2.24) is 0 Å². The van der Waals surface area contributed by atoms with E-state index in [0.717, 1.165) is 24.8 Å². The van der Waals surface area contributed by atoms with Gasteiger partial charge in [-0.2, -0.15) is 0 Å². The Morgan fingerprint density at radius 1 is 1.44 bits per heavy atom. The molecule has 4 nitrogen and oxygen atoms in total. The van der Waals surface area contributed by atoms with Gasteiger partial charge in [-0.1, -0.05) is 6.07 Å². The monoisotopic (exact) mass is 221 g/mol. The maximum Gasteiger partial charge on any atom is 0.305 e. The summed E-state index contributed by atoms with van der Waals surface area (Å²) in [5.41, 5.74) is 8.69. The van der Waals surface area contributed by atoms with Gasteiger partial charge in [-0.25, -0.2) is 0 Å². The van der Waals surface area contributed by atoms with Crippen LogP contribution >= 0.6 is 0 Å². The molecule has 0 saturated carbocycles. The Morgan fingerprint density at radius 3 is 2.88 bits per heavy atom. The Hall–Kier alpha value is -1.55. The van der Waals surface area contributed by atoms with Gasteiger partial charge in [0.1, 0.15) is 5.75 Å². The highest BCUT2D eigenvalue weighted by atomic mass is 16.4. The molecular formula is C12H15NO3. The molecule has 16 heavy (non-hydrogen) atoms. The predicted octanol–water partition coefficient (Wildman–Crippen LogP) is 1.36. The lowest BCUT2D eigenvalue weighted by atomic mass is 9.95. The minimum absolute atomic E-state index is 0.120. The fourth-order valence-electron chi connectivity index (χ4n) is 2.39. The highest BCUT2D eigenvalue weighted by Gasteiger charge is 2.23. The van der Waals surface area contributed by atoms with E-state index in [2.05, 4.69) is 0 Å². The maximum atomic E-state index is 10.6. The fraction of sp³-hybridized carbons (Fsp3) is 0.417. The quantitative estimate of drug-likeness (QED) is 0.719. The van der Waals surface area contributed by atoms with Crippen LogP contribution in [0.3, 0.4) is 0 Å². The first kappa shape index (κ1) is 11.0. The van der Waals surface area contributed by atoms with Gasteiger partial charge in [0, 0.05) is 11.6 Å². The number of benzene rings is 1. The molecule has 1 unspecified atom stereocenters. The Kier molecular flexibility index (Phi) is 2.83. The summed E-state index contributed by atoms with van der Waals surface area (Å²) >= 11 is 0. The van der Waals surface area contributed by atoms with Crippen LogP contribution in [0.2, 0.25) is 0 Å². The number of fused-ring (bicyclic) bond motifs is 1. The number of aliphatic carboxylic acids is 1. The molecule has 2 rings (SSSR count). The molecule has 4 heteroatoms. The molecule has 1 aromatic rings. The van der Waals surface area contributed by atoms with Gasteiger partial charge >= 0.3 is 5.97 Å². The zero-order chi connectivity index (χ0) is 11.7. The van der Waals surface area contributed by atoms with Gasteiger partial charge < -0.3 is 15.9 Å². The van der Waals surface area contributed by atoms with Crippen LogP contribution in [-0.2, 0) is 17.6 Å². The summed E-state index contributed by atoms with van der Waals surface area (Å²) in [6.07, 6.45) is 2.77. The fourth-order valence-corrected chi connectivity index (χ4v) is 2.39. The van der Waals surface area contributed by atoms with Crippen LogP contribution in [0.5, 0.6) is 5.75 Å². The summed E-state index contributed by atoms with van der Waals surface area (Å²) in [5.74, 6) is -0.822. The van der Waals surface area contributed by atoms with Crippen LogP contribution in [0, 0.1) is 0 Å². The molecule has 1 atom stereocenters. The van der Waals surface area contributed by atoms with Gasteiger partial charge in [-0.15, -0.1) is 0 Å². The lowest BCUT2D eigenvalue weighted by Crippen LogP contribution is -2.17. The number of aromatic hydroxyl groups is 1. The summed E-state index contributed by atoms with van der Waals surface area (Å²) in [6, 6.07) is 2.89. The van der Waals surface area contributed by atoms with E-state index in [1.807, 2.05) is 6.07 Å². The molecular weight excluding hydrogens is 206 g/mol. The summed E-state index contributed by atoms with van der Waals surface area (Å²) in [6.45, 7) is 0. The van der Waals surface area contributed by atoms with Crippen molar-refractivity contribution in [1.29, 1.82) is 0 Å². The third-order valence-corrected chi connectivity index (χ3v) is 3.07. The first-order chi connectivity index (χ1) is 7.59. The highest BCUT2D eigenvalue weighted by Crippen LogP contribution is 2.35. The minimum Gasteiger partial charge on any atom is -0.508 e. The normalized spacial score (nSPS) is 15.8. The smallest absolute Gasteiger partial charge is 0.305 e. The average Bonchev–Trinajstić information content (AvgIpc) is 2.63. The number of hydrogen-bond donors (Lipinski definition) is 3. The third kappa shape index (κ3) is 1.88. The van der Waals surface area contributed by atoms with E-state index < -0.39 is 12.0 Å². The van der Waals surface area contributed by atoms with Crippen LogP contribution in [0.4, 0.5) is 0 Å². The lowest BCUT2D eigenvalue weighted by molar-refractivity contribution is -0.137. The number of carboxylic acid groups (broad SMARTS) is 1. The Labute approximate surface area is 93.7 Å². The minimum atomic E-state index is -0.942. The Balaban J connectivity index is 2.39.